The molecule has 0 spiro atoms. The Bertz CT molecular complexity index is 510. The lowest BCUT2D eigenvalue weighted by Crippen LogP contribution is -2.22. The van der Waals surface area contributed by atoms with Crippen molar-refractivity contribution in [2.24, 2.45) is 0 Å². The Hall–Kier alpha value is -1.78. The number of hydrogen-bond donors (Lipinski definition) is 1. The average Bonchev–Trinajstić information content (AvgIpc) is 2.84. The van der Waals surface area contributed by atoms with Crippen LogP contribution in [0.25, 0.3) is 0 Å². The molecule has 5 nitrogen and oxygen atoms in total. The minimum absolute atomic E-state index is 0.0233. The molecule has 1 N–H and O–H groups in total. The Morgan fingerprint density at radius 2 is 1.78 bits per heavy atom. The first-order chi connectivity index (χ1) is 8.38. The molecule has 5 heteroatoms. The van der Waals surface area contributed by atoms with Crippen molar-refractivity contribution < 1.29 is 0 Å². The summed E-state index contributed by atoms with van der Waals surface area (Å²) in [5.74, 6) is 0. The Labute approximate surface area is 108 Å². The minimum atomic E-state index is -0.0233. The first kappa shape index (κ1) is 12.7. The number of aryl methyl sites for hydroxylation is 2. The standard InChI is InChI=1S/C13H21N5/c1-10-6-7-11(2)18(10)14-8-12-9-17(16-15-12)13(3,4)5/h6-7,9,14H,8H2,1-5H3. The van der Waals surface area contributed by atoms with E-state index in [4.69, 9.17) is 0 Å². The molecule has 0 fully saturated rings. The first-order valence-electron chi connectivity index (χ1n) is 6.18. The molecular formula is C13H21N5. The Morgan fingerprint density at radius 3 is 2.28 bits per heavy atom. The van der Waals surface area contributed by atoms with Crippen LogP contribution in [0.3, 0.4) is 0 Å². The number of hydrogen-bond acceptors (Lipinski definition) is 3. The van der Waals surface area contributed by atoms with E-state index in [1.807, 2.05) is 10.9 Å². The quantitative estimate of drug-likeness (QED) is 0.904. The molecule has 0 saturated heterocycles. The first-order valence-corrected chi connectivity index (χ1v) is 6.18. The van der Waals surface area contributed by atoms with Gasteiger partial charge in [-0.15, -0.1) is 5.10 Å². The summed E-state index contributed by atoms with van der Waals surface area (Å²) in [5.41, 5.74) is 6.64. The molecule has 0 radical (unpaired) electrons. The fourth-order valence-electron chi connectivity index (χ4n) is 1.79. The van der Waals surface area contributed by atoms with Crippen LogP contribution >= 0.6 is 0 Å². The van der Waals surface area contributed by atoms with Crippen molar-refractivity contribution in [1.82, 2.24) is 19.7 Å². The lowest BCUT2D eigenvalue weighted by Gasteiger charge is -2.17. The van der Waals surface area contributed by atoms with Gasteiger partial charge in [-0.25, -0.2) is 4.68 Å². The smallest absolute Gasteiger partial charge is 0.103 e. The van der Waals surface area contributed by atoms with Crippen molar-refractivity contribution in [3.05, 3.63) is 35.4 Å². The second kappa shape index (κ2) is 4.48. The van der Waals surface area contributed by atoms with E-state index in [2.05, 4.69) is 67.2 Å². The van der Waals surface area contributed by atoms with E-state index in [0.29, 0.717) is 6.54 Å². The summed E-state index contributed by atoms with van der Waals surface area (Å²) < 4.78 is 3.95. The van der Waals surface area contributed by atoms with Crippen LogP contribution in [-0.2, 0) is 12.1 Å². The van der Waals surface area contributed by atoms with Gasteiger partial charge < -0.3 is 5.43 Å². The van der Waals surface area contributed by atoms with Crippen LogP contribution in [0.15, 0.2) is 18.3 Å². The highest BCUT2D eigenvalue weighted by Crippen LogP contribution is 2.12. The second-order valence-electron chi connectivity index (χ2n) is 5.61. The maximum Gasteiger partial charge on any atom is 0.103 e. The van der Waals surface area contributed by atoms with Gasteiger partial charge in [0, 0.05) is 11.4 Å². The van der Waals surface area contributed by atoms with Crippen molar-refractivity contribution in [3.63, 3.8) is 0 Å². The van der Waals surface area contributed by atoms with Crippen molar-refractivity contribution in [3.8, 4) is 0 Å². The summed E-state index contributed by atoms with van der Waals surface area (Å²) in [6.45, 7) is 11.2. The molecule has 0 aliphatic heterocycles. The molecule has 2 aromatic rings. The highest BCUT2D eigenvalue weighted by molar-refractivity contribution is 5.15. The van der Waals surface area contributed by atoms with Gasteiger partial charge in [-0.1, -0.05) is 5.21 Å². The van der Waals surface area contributed by atoms with E-state index >= 15 is 0 Å². The van der Waals surface area contributed by atoms with Crippen LogP contribution in [0.2, 0.25) is 0 Å². The van der Waals surface area contributed by atoms with E-state index < -0.39 is 0 Å². The third-order valence-electron chi connectivity index (χ3n) is 2.92. The van der Waals surface area contributed by atoms with Gasteiger partial charge in [0.15, 0.2) is 0 Å². The molecule has 2 rings (SSSR count). The lowest BCUT2D eigenvalue weighted by molar-refractivity contribution is 0.347. The lowest BCUT2D eigenvalue weighted by atomic mass is 10.1. The van der Waals surface area contributed by atoms with Gasteiger partial charge in [0.05, 0.1) is 18.3 Å². The molecule has 0 bridgehead atoms. The summed E-state index contributed by atoms with van der Waals surface area (Å²) in [4.78, 5) is 0. The molecule has 2 heterocycles. The van der Waals surface area contributed by atoms with Gasteiger partial charge in [-0.3, -0.25) is 4.68 Å². The number of rotatable bonds is 3. The molecule has 0 atom stereocenters. The van der Waals surface area contributed by atoms with Crippen LogP contribution < -0.4 is 5.43 Å². The van der Waals surface area contributed by atoms with Crippen molar-refractivity contribution >= 4 is 0 Å². The van der Waals surface area contributed by atoms with Gasteiger partial charge in [-0.2, -0.15) is 0 Å². The fourth-order valence-corrected chi connectivity index (χ4v) is 1.79. The number of nitrogens with zero attached hydrogens (tertiary/aromatic N) is 4. The van der Waals surface area contributed by atoms with E-state index in [-0.39, 0.29) is 5.54 Å². The highest BCUT2D eigenvalue weighted by Gasteiger charge is 2.14. The zero-order valence-electron chi connectivity index (χ0n) is 11.7. The van der Waals surface area contributed by atoms with Crippen molar-refractivity contribution in [2.75, 3.05) is 5.43 Å². The SMILES string of the molecule is Cc1ccc(C)n1NCc1cn(C(C)(C)C)nn1. The van der Waals surface area contributed by atoms with Crippen molar-refractivity contribution in [1.29, 1.82) is 0 Å². The van der Waals surface area contributed by atoms with Crippen LogP contribution in [0.1, 0.15) is 37.9 Å². The molecule has 0 aromatic carbocycles. The van der Waals surface area contributed by atoms with Gasteiger partial charge >= 0.3 is 0 Å². The van der Waals surface area contributed by atoms with E-state index in [1.54, 1.807) is 0 Å². The normalized spacial score (nSPS) is 11.8. The average molecular weight is 247 g/mol. The third-order valence-corrected chi connectivity index (χ3v) is 2.92. The molecule has 0 saturated carbocycles. The number of aromatic nitrogens is 4. The zero-order valence-corrected chi connectivity index (χ0v) is 11.7. The molecule has 2 aromatic heterocycles. The molecule has 18 heavy (non-hydrogen) atoms. The van der Waals surface area contributed by atoms with Crippen LogP contribution in [0.5, 0.6) is 0 Å². The van der Waals surface area contributed by atoms with E-state index in [9.17, 15) is 0 Å². The minimum Gasteiger partial charge on any atom is -0.320 e. The topological polar surface area (TPSA) is 47.7 Å². The third kappa shape index (κ3) is 2.55. The second-order valence-corrected chi connectivity index (χ2v) is 5.61. The van der Waals surface area contributed by atoms with E-state index in [0.717, 1.165) is 5.69 Å². The summed E-state index contributed by atoms with van der Waals surface area (Å²) in [7, 11) is 0. The van der Waals surface area contributed by atoms with Crippen LogP contribution in [-0.4, -0.2) is 19.7 Å². The number of nitrogens with one attached hydrogen (secondary N) is 1. The largest absolute Gasteiger partial charge is 0.320 e. The van der Waals surface area contributed by atoms with Gasteiger partial charge in [-0.05, 0) is 46.8 Å². The molecule has 0 amide bonds. The monoisotopic (exact) mass is 247 g/mol. The van der Waals surface area contributed by atoms with Crippen LogP contribution in [0.4, 0.5) is 0 Å². The fraction of sp³-hybridized carbons (Fsp3) is 0.538. The maximum absolute atomic E-state index is 4.18. The Morgan fingerprint density at radius 1 is 1.17 bits per heavy atom. The predicted molar refractivity (Wildman–Crippen MR) is 72.0 cm³/mol. The predicted octanol–water partition coefficient (Wildman–Crippen LogP) is 2.20. The molecule has 0 unspecified atom stereocenters. The van der Waals surface area contributed by atoms with Gasteiger partial charge in [0.1, 0.15) is 5.69 Å². The Kier molecular flexibility index (Phi) is 3.15. The van der Waals surface area contributed by atoms with Crippen LogP contribution in [0, 0.1) is 13.8 Å². The maximum atomic E-state index is 4.18. The summed E-state index contributed by atoms with van der Waals surface area (Å²) in [6.07, 6.45) is 1.99. The van der Waals surface area contributed by atoms with Gasteiger partial charge in [0.25, 0.3) is 0 Å². The zero-order chi connectivity index (χ0) is 13.3. The molecule has 0 aliphatic rings. The van der Waals surface area contributed by atoms with Gasteiger partial charge in [0.2, 0.25) is 0 Å². The summed E-state index contributed by atoms with van der Waals surface area (Å²) >= 11 is 0. The molecular weight excluding hydrogens is 226 g/mol. The highest BCUT2D eigenvalue weighted by atomic mass is 15.5. The summed E-state index contributed by atoms with van der Waals surface area (Å²) in [6, 6.07) is 4.18. The van der Waals surface area contributed by atoms with Crippen molar-refractivity contribution in [2.45, 2.75) is 46.7 Å². The Balaban J connectivity index is 2.05. The molecule has 98 valence electrons. The summed E-state index contributed by atoms with van der Waals surface area (Å²) in [5, 5.41) is 8.33. The van der Waals surface area contributed by atoms with E-state index in [1.165, 1.54) is 11.4 Å². The molecule has 0 aliphatic carbocycles.